The zero-order valence-corrected chi connectivity index (χ0v) is 23.8. The lowest BCUT2D eigenvalue weighted by Crippen LogP contribution is -2.13. The Labute approximate surface area is 242 Å². The fourth-order valence-electron chi connectivity index (χ4n) is 5.05. The van der Waals surface area contributed by atoms with Crippen LogP contribution in [-0.2, 0) is 24.2 Å². The summed E-state index contributed by atoms with van der Waals surface area (Å²) in [6, 6.07) is 21.6. The van der Waals surface area contributed by atoms with E-state index in [9.17, 15) is 15.3 Å². The van der Waals surface area contributed by atoms with E-state index in [0.717, 1.165) is 70.1 Å². The van der Waals surface area contributed by atoms with Crippen LogP contribution < -0.4 is 10.1 Å². The topological polar surface area (TPSA) is 90.8 Å². The molecule has 0 saturated carbocycles. The monoisotopic (exact) mass is 566 g/mol. The first-order valence-corrected chi connectivity index (χ1v) is 14.2. The van der Waals surface area contributed by atoms with Gasteiger partial charge in [-0.1, -0.05) is 29.8 Å². The third-order valence-electron chi connectivity index (χ3n) is 7.09. The first-order chi connectivity index (χ1) is 19.4. The average molecular weight is 567 g/mol. The van der Waals surface area contributed by atoms with Gasteiger partial charge in [-0.3, -0.25) is 4.79 Å². The van der Waals surface area contributed by atoms with Gasteiger partial charge in [0.15, 0.2) is 0 Å². The number of amides is 1. The number of nitrogens with zero attached hydrogens (tertiary/aromatic N) is 3. The van der Waals surface area contributed by atoms with Gasteiger partial charge in [-0.2, -0.15) is 10.5 Å². The Morgan fingerprint density at radius 2 is 1.88 bits per heavy atom. The van der Waals surface area contributed by atoms with E-state index >= 15 is 0 Å². The molecule has 0 bridgehead atoms. The minimum atomic E-state index is -0.512. The molecule has 2 aromatic carbocycles. The number of aromatic nitrogens is 1. The second-order valence-corrected chi connectivity index (χ2v) is 11.2. The van der Waals surface area contributed by atoms with Crippen LogP contribution in [0.3, 0.4) is 0 Å². The molecule has 2 heterocycles. The number of hydrogen-bond donors (Lipinski definition) is 1. The first kappa shape index (κ1) is 27.3. The van der Waals surface area contributed by atoms with Gasteiger partial charge in [-0.15, -0.1) is 11.3 Å². The lowest BCUT2D eigenvalue weighted by atomic mass is 9.96. The SMILES string of the molecule is Cc1cc(/C=C(\C#N)C(=O)Nc2sc3c(c2C#N)CCCC3)c(C)n1-c1ccc(OCc2ccccc2Cl)cc1. The van der Waals surface area contributed by atoms with Crippen LogP contribution >= 0.6 is 22.9 Å². The Hall–Kier alpha value is -4.30. The molecule has 1 amide bonds. The van der Waals surface area contributed by atoms with E-state index in [2.05, 4.69) is 16.0 Å². The van der Waals surface area contributed by atoms with E-state index in [0.29, 0.717) is 22.2 Å². The van der Waals surface area contributed by atoms with Crippen LogP contribution in [0.4, 0.5) is 5.00 Å². The number of fused-ring (bicyclic) bond motifs is 1. The van der Waals surface area contributed by atoms with Crippen molar-refractivity contribution >= 4 is 39.9 Å². The number of halogens is 1. The normalized spacial score (nSPS) is 12.8. The fraction of sp³-hybridized carbons (Fsp3) is 0.219. The summed E-state index contributed by atoms with van der Waals surface area (Å²) in [6.07, 6.45) is 5.51. The molecular weight excluding hydrogens is 540 g/mol. The van der Waals surface area contributed by atoms with Crippen molar-refractivity contribution in [2.75, 3.05) is 5.32 Å². The molecule has 5 rings (SSSR count). The van der Waals surface area contributed by atoms with Crippen molar-refractivity contribution in [2.45, 2.75) is 46.1 Å². The Bertz CT molecular complexity index is 1700. The first-order valence-electron chi connectivity index (χ1n) is 13.0. The van der Waals surface area contributed by atoms with Crippen molar-refractivity contribution in [3.63, 3.8) is 0 Å². The van der Waals surface area contributed by atoms with Gasteiger partial charge in [0.2, 0.25) is 0 Å². The van der Waals surface area contributed by atoms with Crippen molar-refractivity contribution in [1.29, 1.82) is 10.5 Å². The van der Waals surface area contributed by atoms with Gasteiger partial charge >= 0.3 is 0 Å². The molecule has 0 radical (unpaired) electrons. The van der Waals surface area contributed by atoms with Gasteiger partial charge in [0, 0.05) is 32.5 Å². The number of carbonyl (C=O) groups is 1. The predicted octanol–water partition coefficient (Wildman–Crippen LogP) is 7.68. The second-order valence-electron chi connectivity index (χ2n) is 9.69. The van der Waals surface area contributed by atoms with Crippen LogP contribution in [0.15, 0.2) is 60.2 Å². The van der Waals surface area contributed by atoms with Crippen LogP contribution in [-0.4, -0.2) is 10.5 Å². The zero-order chi connectivity index (χ0) is 28.2. The molecule has 0 fully saturated rings. The largest absolute Gasteiger partial charge is 0.489 e. The van der Waals surface area contributed by atoms with Gasteiger partial charge in [-0.05, 0) is 93.1 Å². The number of nitriles is 2. The van der Waals surface area contributed by atoms with Gasteiger partial charge in [-0.25, -0.2) is 0 Å². The molecule has 2 aromatic heterocycles. The van der Waals surface area contributed by atoms with Crippen LogP contribution in [0.1, 0.15) is 51.4 Å². The van der Waals surface area contributed by atoms with Crippen LogP contribution in [0.2, 0.25) is 5.02 Å². The summed E-state index contributed by atoms with van der Waals surface area (Å²) < 4.78 is 7.98. The number of aryl methyl sites for hydroxylation is 2. The quantitative estimate of drug-likeness (QED) is 0.183. The summed E-state index contributed by atoms with van der Waals surface area (Å²) in [5, 5.41) is 23.6. The Morgan fingerprint density at radius 1 is 1.12 bits per heavy atom. The van der Waals surface area contributed by atoms with Crippen molar-refractivity contribution in [3.05, 3.63) is 104 Å². The van der Waals surface area contributed by atoms with E-state index in [4.69, 9.17) is 16.3 Å². The van der Waals surface area contributed by atoms with Crippen molar-refractivity contribution in [3.8, 4) is 23.6 Å². The highest BCUT2D eigenvalue weighted by atomic mass is 35.5. The van der Waals surface area contributed by atoms with Crippen molar-refractivity contribution in [1.82, 2.24) is 4.57 Å². The maximum atomic E-state index is 13.1. The second kappa shape index (κ2) is 11.8. The van der Waals surface area contributed by atoms with E-state index in [1.807, 2.05) is 74.5 Å². The van der Waals surface area contributed by atoms with E-state index in [1.165, 1.54) is 11.3 Å². The number of thiophene rings is 1. The number of hydrogen-bond acceptors (Lipinski definition) is 5. The molecule has 1 N–H and O–H groups in total. The lowest BCUT2D eigenvalue weighted by Gasteiger charge is -2.12. The van der Waals surface area contributed by atoms with E-state index in [-0.39, 0.29) is 5.57 Å². The molecule has 8 heteroatoms. The molecule has 0 saturated heterocycles. The van der Waals surface area contributed by atoms with Crippen molar-refractivity contribution < 1.29 is 9.53 Å². The molecule has 6 nitrogen and oxygen atoms in total. The van der Waals surface area contributed by atoms with Gasteiger partial charge in [0.05, 0.1) is 5.56 Å². The molecule has 1 aliphatic rings. The van der Waals surface area contributed by atoms with Gasteiger partial charge < -0.3 is 14.6 Å². The van der Waals surface area contributed by atoms with Crippen LogP contribution in [0.25, 0.3) is 11.8 Å². The summed E-state index contributed by atoms with van der Waals surface area (Å²) in [4.78, 5) is 14.2. The van der Waals surface area contributed by atoms with Crippen molar-refractivity contribution in [2.24, 2.45) is 0 Å². The summed E-state index contributed by atoms with van der Waals surface area (Å²) in [5.41, 5.74) is 6.04. The van der Waals surface area contributed by atoms with Crippen LogP contribution in [0, 0.1) is 36.5 Å². The number of rotatable bonds is 7. The zero-order valence-electron chi connectivity index (χ0n) is 22.3. The third-order valence-corrected chi connectivity index (χ3v) is 8.67. The van der Waals surface area contributed by atoms with E-state index in [1.54, 1.807) is 6.08 Å². The summed E-state index contributed by atoms with van der Waals surface area (Å²) in [6.45, 7) is 4.31. The highest BCUT2D eigenvalue weighted by Gasteiger charge is 2.23. The molecule has 1 aliphatic carbocycles. The summed E-state index contributed by atoms with van der Waals surface area (Å²) >= 11 is 7.68. The highest BCUT2D eigenvalue weighted by Crippen LogP contribution is 2.38. The summed E-state index contributed by atoms with van der Waals surface area (Å²) in [7, 11) is 0. The maximum Gasteiger partial charge on any atom is 0.266 e. The number of carbonyl (C=O) groups excluding carboxylic acids is 1. The number of ether oxygens (including phenoxy) is 1. The lowest BCUT2D eigenvalue weighted by molar-refractivity contribution is -0.112. The Balaban J connectivity index is 1.34. The number of nitrogens with one attached hydrogen (secondary N) is 1. The molecule has 0 aliphatic heterocycles. The average Bonchev–Trinajstić information content (AvgIpc) is 3.46. The number of benzene rings is 2. The Morgan fingerprint density at radius 3 is 2.60 bits per heavy atom. The molecule has 0 unspecified atom stereocenters. The maximum absolute atomic E-state index is 13.1. The fourth-order valence-corrected chi connectivity index (χ4v) is 6.47. The molecule has 4 aromatic rings. The smallest absolute Gasteiger partial charge is 0.266 e. The van der Waals surface area contributed by atoms with Gasteiger partial charge in [0.1, 0.15) is 35.1 Å². The van der Waals surface area contributed by atoms with E-state index < -0.39 is 5.91 Å². The molecular formula is C32H27ClN4O2S. The molecule has 40 heavy (non-hydrogen) atoms. The molecule has 200 valence electrons. The molecule has 0 spiro atoms. The summed E-state index contributed by atoms with van der Waals surface area (Å²) in [5.74, 6) is 0.212. The minimum Gasteiger partial charge on any atom is -0.489 e. The highest BCUT2D eigenvalue weighted by molar-refractivity contribution is 7.16. The number of anilines is 1. The van der Waals surface area contributed by atoms with Gasteiger partial charge in [0.25, 0.3) is 5.91 Å². The predicted molar refractivity (Wildman–Crippen MR) is 159 cm³/mol. The minimum absolute atomic E-state index is 0.0150. The van der Waals surface area contributed by atoms with Crippen LogP contribution in [0.5, 0.6) is 5.75 Å². The molecule has 0 atom stereocenters. The third kappa shape index (κ3) is 5.53. The standard InChI is InChI=1S/C32H27ClN4O2S/c1-20-15-23(16-24(17-34)31(38)36-32-28(18-35)27-8-4-6-10-30(27)40-32)21(2)37(20)25-11-13-26(14-12-25)39-19-22-7-3-5-9-29(22)33/h3,5,7,9,11-16H,4,6,8,10,19H2,1-2H3,(H,36,38)/b24-16+. The Kier molecular flexibility index (Phi) is 8.07.